The third-order valence-corrected chi connectivity index (χ3v) is 4.93. The molecule has 0 aromatic carbocycles. The first-order chi connectivity index (χ1) is 13.0. The van der Waals surface area contributed by atoms with Crippen molar-refractivity contribution in [2.75, 3.05) is 20.3 Å². The van der Waals surface area contributed by atoms with Gasteiger partial charge in [-0.2, -0.15) is 5.26 Å². The highest BCUT2D eigenvalue weighted by Gasteiger charge is 2.45. The fourth-order valence-corrected chi connectivity index (χ4v) is 3.19. The second-order valence-electron chi connectivity index (χ2n) is 6.78. The number of hydrogen-bond donors (Lipinski definition) is 4. The Morgan fingerprint density at radius 1 is 1.52 bits per heavy atom. The maximum atomic E-state index is 9.35. The second kappa shape index (κ2) is 7.78. The lowest BCUT2D eigenvalue weighted by molar-refractivity contribution is 0.170. The monoisotopic (exact) mass is 367 g/mol. The molecule has 1 aliphatic carbocycles. The third kappa shape index (κ3) is 3.79. The average molecular weight is 367 g/mol. The van der Waals surface area contributed by atoms with E-state index in [2.05, 4.69) is 16.7 Å². The Hall–Kier alpha value is -2.89. The molecule has 0 radical (unpaired) electrons. The molecule has 1 aliphatic heterocycles. The summed E-state index contributed by atoms with van der Waals surface area (Å²) in [6.45, 7) is 3.09. The van der Waals surface area contributed by atoms with Gasteiger partial charge in [0.05, 0.1) is 6.61 Å². The van der Waals surface area contributed by atoms with Crippen LogP contribution in [0.4, 0.5) is 0 Å². The summed E-state index contributed by atoms with van der Waals surface area (Å²) in [7, 11) is 1.73. The van der Waals surface area contributed by atoms with Gasteiger partial charge in [0.1, 0.15) is 23.3 Å². The normalized spacial score (nSPS) is 19.7. The summed E-state index contributed by atoms with van der Waals surface area (Å²) in [4.78, 5) is 4.80. The largest absolute Gasteiger partial charge is 0.384 e. The van der Waals surface area contributed by atoms with Crippen molar-refractivity contribution >= 4 is 5.84 Å². The molecule has 27 heavy (non-hydrogen) atoms. The number of aromatic nitrogens is 1. The lowest BCUT2D eigenvalue weighted by atomic mass is 10.0. The van der Waals surface area contributed by atoms with Crippen LogP contribution in [0.25, 0.3) is 0 Å². The predicted octanol–water partition coefficient (Wildman–Crippen LogP) is 1.24. The molecular weight excluding hydrogens is 342 g/mol. The lowest BCUT2D eigenvalue weighted by Gasteiger charge is -2.30. The highest BCUT2D eigenvalue weighted by molar-refractivity contribution is 6.01. The van der Waals surface area contributed by atoms with E-state index in [4.69, 9.17) is 21.0 Å². The quantitative estimate of drug-likeness (QED) is 0.535. The molecule has 0 spiro atoms. The maximum Gasteiger partial charge on any atom is 0.162 e. The number of hydrazine groups is 1. The SMILES string of the molecule is C/C=C1\NC(NCCc2cccc(C3(COC)CC3)n2)=C(C#N)C(=N)N1N. The molecule has 1 saturated carbocycles. The summed E-state index contributed by atoms with van der Waals surface area (Å²) in [5, 5.41) is 24.8. The summed E-state index contributed by atoms with van der Waals surface area (Å²) in [6, 6.07) is 8.13. The van der Waals surface area contributed by atoms with Crippen molar-refractivity contribution in [2.45, 2.75) is 31.6 Å². The van der Waals surface area contributed by atoms with Crippen molar-refractivity contribution in [3.05, 3.63) is 52.9 Å². The van der Waals surface area contributed by atoms with E-state index in [0.717, 1.165) is 29.2 Å². The Kier molecular flexibility index (Phi) is 5.44. The van der Waals surface area contributed by atoms with E-state index >= 15 is 0 Å². The van der Waals surface area contributed by atoms with Gasteiger partial charge in [0.2, 0.25) is 0 Å². The minimum Gasteiger partial charge on any atom is -0.384 e. The molecule has 5 N–H and O–H groups in total. The molecule has 1 aromatic heterocycles. The highest BCUT2D eigenvalue weighted by Crippen LogP contribution is 2.47. The van der Waals surface area contributed by atoms with Crippen LogP contribution in [0.3, 0.4) is 0 Å². The van der Waals surface area contributed by atoms with Crippen molar-refractivity contribution in [1.82, 2.24) is 20.6 Å². The van der Waals surface area contributed by atoms with Crippen molar-refractivity contribution < 1.29 is 4.74 Å². The molecule has 1 aromatic rings. The molecule has 0 saturated heterocycles. The topological polar surface area (TPSA) is 123 Å². The molecule has 0 atom stereocenters. The first-order valence-electron chi connectivity index (χ1n) is 8.95. The van der Waals surface area contributed by atoms with E-state index in [1.165, 1.54) is 0 Å². The summed E-state index contributed by atoms with van der Waals surface area (Å²) in [6.07, 6.45) is 4.68. The van der Waals surface area contributed by atoms with Crippen molar-refractivity contribution in [3.63, 3.8) is 0 Å². The zero-order chi connectivity index (χ0) is 19.4. The minimum absolute atomic E-state index is 0.0396. The van der Waals surface area contributed by atoms with Crippen LogP contribution >= 0.6 is 0 Å². The first kappa shape index (κ1) is 18.9. The Morgan fingerprint density at radius 3 is 2.93 bits per heavy atom. The molecule has 8 heteroatoms. The van der Waals surface area contributed by atoms with Gasteiger partial charge in [0.15, 0.2) is 5.84 Å². The van der Waals surface area contributed by atoms with Crippen LogP contribution in [0.1, 0.15) is 31.2 Å². The van der Waals surface area contributed by atoms with Crippen LogP contribution in [0.15, 0.2) is 41.5 Å². The zero-order valence-electron chi connectivity index (χ0n) is 15.7. The molecular formula is C19H25N7O. The fourth-order valence-electron chi connectivity index (χ4n) is 3.19. The first-order valence-corrected chi connectivity index (χ1v) is 8.95. The van der Waals surface area contributed by atoms with E-state index in [-0.39, 0.29) is 16.8 Å². The van der Waals surface area contributed by atoms with Crippen LogP contribution in [-0.4, -0.2) is 36.1 Å². The average Bonchev–Trinajstić information content (AvgIpc) is 3.46. The highest BCUT2D eigenvalue weighted by atomic mass is 16.5. The number of rotatable bonds is 7. The number of ether oxygens (including phenoxy) is 1. The summed E-state index contributed by atoms with van der Waals surface area (Å²) >= 11 is 0. The van der Waals surface area contributed by atoms with Crippen molar-refractivity contribution in [2.24, 2.45) is 5.84 Å². The number of nitrogens with two attached hydrogens (primary N) is 1. The molecule has 1 fully saturated rings. The number of amidine groups is 1. The number of pyridine rings is 1. The van der Waals surface area contributed by atoms with Gasteiger partial charge in [-0.1, -0.05) is 6.07 Å². The van der Waals surface area contributed by atoms with E-state index in [1.807, 2.05) is 25.1 Å². The molecule has 2 heterocycles. The van der Waals surface area contributed by atoms with Crippen LogP contribution in [0, 0.1) is 16.7 Å². The Bertz CT molecular complexity index is 833. The molecule has 3 rings (SSSR count). The molecule has 142 valence electrons. The molecule has 8 nitrogen and oxygen atoms in total. The number of nitriles is 1. The summed E-state index contributed by atoms with van der Waals surface area (Å²) in [5.74, 6) is 6.82. The molecule has 0 unspecified atom stereocenters. The molecule has 0 amide bonds. The van der Waals surface area contributed by atoms with Crippen molar-refractivity contribution in [1.29, 1.82) is 10.7 Å². The van der Waals surface area contributed by atoms with Gasteiger partial charge in [-0.05, 0) is 38.0 Å². The van der Waals surface area contributed by atoms with E-state index in [9.17, 15) is 5.26 Å². The van der Waals surface area contributed by atoms with Gasteiger partial charge in [0.25, 0.3) is 0 Å². The summed E-state index contributed by atoms with van der Waals surface area (Å²) < 4.78 is 5.35. The Labute approximate surface area is 159 Å². The summed E-state index contributed by atoms with van der Waals surface area (Å²) in [5.41, 5.74) is 2.34. The van der Waals surface area contributed by atoms with Crippen LogP contribution < -0.4 is 16.5 Å². The van der Waals surface area contributed by atoms with Gasteiger partial charge < -0.3 is 15.4 Å². The number of methoxy groups -OCH3 is 1. The zero-order valence-corrected chi connectivity index (χ0v) is 15.7. The van der Waals surface area contributed by atoms with E-state index in [1.54, 1.807) is 13.2 Å². The smallest absolute Gasteiger partial charge is 0.162 e. The van der Waals surface area contributed by atoms with E-state index in [0.29, 0.717) is 31.2 Å². The lowest BCUT2D eigenvalue weighted by Crippen LogP contribution is -2.49. The van der Waals surface area contributed by atoms with Gasteiger partial charge in [-0.3, -0.25) is 10.4 Å². The van der Waals surface area contributed by atoms with Gasteiger partial charge in [0, 0.05) is 36.9 Å². The predicted molar refractivity (Wildman–Crippen MR) is 102 cm³/mol. The fraction of sp³-hybridized carbons (Fsp3) is 0.421. The number of nitrogens with one attached hydrogen (secondary N) is 3. The van der Waals surface area contributed by atoms with Gasteiger partial charge in [-0.25, -0.2) is 10.9 Å². The van der Waals surface area contributed by atoms with Crippen molar-refractivity contribution in [3.8, 4) is 6.07 Å². The maximum absolute atomic E-state index is 9.35. The van der Waals surface area contributed by atoms with Crippen LogP contribution in [0.2, 0.25) is 0 Å². The number of hydrogen-bond acceptors (Lipinski definition) is 7. The Morgan fingerprint density at radius 2 is 2.30 bits per heavy atom. The third-order valence-electron chi connectivity index (χ3n) is 4.93. The van der Waals surface area contributed by atoms with Gasteiger partial charge >= 0.3 is 0 Å². The Balaban J connectivity index is 1.67. The van der Waals surface area contributed by atoms with Crippen LogP contribution in [0.5, 0.6) is 0 Å². The number of allylic oxidation sites excluding steroid dienone is 1. The standard InChI is InChI=1S/C19H25N7O/c1-3-16-25-18(14(11-20)17(21)26(16)22)23-10-7-13-5-4-6-15(24-13)19(8-9-19)12-27-2/h3-6,21,23,25H,7-10,12,22H2,1-2H3/b16-3+,21-17?. The second-order valence-corrected chi connectivity index (χ2v) is 6.78. The molecule has 2 aliphatic rings. The van der Waals surface area contributed by atoms with Crippen LogP contribution in [-0.2, 0) is 16.6 Å². The molecule has 0 bridgehead atoms. The van der Waals surface area contributed by atoms with E-state index < -0.39 is 0 Å². The number of nitrogens with zero attached hydrogens (tertiary/aromatic N) is 3. The van der Waals surface area contributed by atoms with Gasteiger partial charge in [-0.15, -0.1) is 0 Å². The minimum atomic E-state index is -0.0396.